The van der Waals surface area contributed by atoms with Crippen molar-refractivity contribution in [3.8, 4) is 11.1 Å². The Hall–Kier alpha value is -1.56. The van der Waals surface area contributed by atoms with Gasteiger partial charge in [0.1, 0.15) is 0 Å². The molecule has 0 nitrogen and oxygen atoms in total. The third-order valence-electron chi connectivity index (χ3n) is 5.14. The topological polar surface area (TPSA) is 0 Å². The standard InChI is InChI=1S/C21H25/c1-5-14(3)19-12-17-11-16-9-7-8-10-18(16)21(17)13-20(19)15(4)6-2/h7-10,13-15H,5-6,11H2,1-4H3. The summed E-state index contributed by atoms with van der Waals surface area (Å²) in [6.07, 6.45) is 3.43. The van der Waals surface area contributed by atoms with Gasteiger partial charge in [-0.25, -0.2) is 0 Å². The van der Waals surface area contributed by atoms with Crippen LogP contribution in [0.1, 0.15) is 74.6 Å². The first kappa shape index (κ1) is 14.4. The van der Waals surface area contributed by atoms with Crippen molar-refractivity contribution < 1.29 is 0 Å². The summed E-state index contributed by atoms with van der Waals surface area (Å²) in [5.41, 5.74) is 8.68. The number of hydrogen-bond acceptors (Lipinski definition) is 0. The molecule has 0 aliphatic heterocycles. The first-order chi connectivity index (χ1) is 10.2. The van der Waals surface area contributed by atoms with Crippen molar-refractivity contribution in [1.29, 1.82) is 0 Å². The predicted molar refractivity (Wildman–Crippen MR) is 90.9 cm³/mol. The summed E-state index contributed by atoms with van der Waals surface area (Å²) < 4.78 is 0. The van der Waals surface area contributed by atoms with Gasteiger partial charge >= 0.3 is 0 Å². The normalized spacial score (nSPS) is 15.4. The van der Waals surface area contributed by atoms with Crippen molar-refractivity contribution in [3.63, 3.8) is 0 Å². The molecule has 2 unspecified atom stereocenters. The number of hydrogen-bond donors (Lipinski definition) is 0. The lowest BCUT2D eigenvalue weighted by molar-refractivity contribution is 0.675. The predicted octanol–water partition coefficient (Wildman–Crippen LogP) is 6.08. The Morgan fingerprint density at radius 3 is 2.43 bits per heavy atom. The minimum absolute atomic E-state index is 0.600. The molecule has 21 heavy (non-hydrogen) atoms. The molecule has 0 saturated heterocycles. The molecule has 1 aliphatic carbocycles. The van der Waals surface area contributed by atoms with Gasteiger partial charge in [0.2, 0.25) is 0 Å². The minimum Gasteiger partial charge on any atom is -0.0648 e. The summed E-state index contributed by atoms with van der Waals surface area (Å²) in [6, 6.07) is 15.1. The fourth-order valence-corrected chi connectivity index (χ4v) is 3.37. The van der Waals surface area contributed by atoms with Gasteiger partial charge in [-0.1, -0.05) is 58.0 Å². The Morgan fingerprint density at radius 1 is 1.00 bits per heavy atom. The van der Waals surface area contributed by atoms with E-state index in [0.717, 1.165) is 6.42 Å². The summed E-state index contributed by atoms with van der Waals surface area (Å²) in [6.45, 7) is 9.25. The molecular weight excluding hydrogens is 252 g/mol. The molecule has 2 aromatic carbocycles. The average molecular weight is 277 g/mol. The highest BCUT2D eigenvalue weighted by Gasteiger charge is 2.23. The van der Waals surface area contributed by atoms with E-state index in [4.69, 9.17) is 0 Å². The molecular formula is C21H25. The summed E-state index contributed by atoms with van der Waals surface area (Å²) in [4.78, 5) is 0. The van der Waals surface area contributed by atoms with Crippen molar-refractivity contribution in [1.82, 2.24) is 0 Å². The Kier molecular flexibility index (Phi) is 3.89. The van der Waals surface area contributed by atoms with Crippen LogP contribution in [-0.2, 0) is 6.42 Å². The quantitative estimate of drug-likeness (QED) is 0.541. The highest BCUT2D eigenvalue weighted by atomic mass is 14.3. The highest BCUT2D eigenvalue weighted by molar-refractivity contribution is 5.77. The zero-order chi connectivity index (χ0) is 15.0. The van der Waals surface area contributed by atoms with Crippen LogP contribution < -0.4 is 0 Å². The van der Waals surface area contributed by atoms with Gasteiger partial charge in [-0.3, -0.25) is 0 Å². The molecule has 0 amide bonds. The van der Waals surface area contributed by atoms with E-state index in [9.17, 15) is 0 Å². The third kappa shape index (κ3) is 2.41. The van der Waals surface area contributed by atoms with Gasteiger partial charge < -0.3 is 0 Å². The van der Waals surface area contributed by atoms with Crippen molar-refractivity contribution in [3.05, 3.63) is 58.7 Å². The molecule has 0 saturated carbocycles. The summed E-state index contributed by atoms with van der Waals surface area (Å²) in [7, 11) is 0. The van der Waals surface area contributed by atoms with Crippen molar-refractivity contribution in [2.75, 3.05) is 0 Å². The lowest BCUT2D eigenvalue weighted by atomic mass is 9.84. The van der Waals surface area contributed by atoms with Gasteiger partial charge in [-0.05, 0) is 70.5 Å². The van der Waals surface area contributed by atoms with Crippen LogP contribution in [0.3, 0.4) is 0 Å². The molecule has 0 heterocycles. The summed E-state index contributed by atoms with van der Waals surface area (Å²) in [5, 5.41) is 0. The fraction of sp³-hybridized carbons (Fsp3) is 0.429. The van der Waals surface area contributed by atoms with E-state index >= 15 is 0 Å². The van der Waals surface area contributed by atoms with E-state index in [1.165, 1.54) is 46.2 Å². The van der Waals surface area contributed by atoms with Gasteiger partial charge in [0, 0.05) is 0 Å². The molecule has 2 aromatic rings. The largest absolute Gasteiger partial charge is 0.0648 e. The van der Waals surface area contributed by atoms with Gasteiger partial charge in [-0.2, -0.15) is 0 Å². The molecule has 0 bridgehead atoms. The maximum atomic E-state index is 3.81. The van der Waals surface area contributed by atoms with E-state index in [1.54, 1.807) is 0 Å². The molecule has 0 heteroatoms. The second kappa shape index (κ2) is 5.67. The van der Waals surface area contributed by atoms with Crippen LogP contribution in [0.2, 0.25) is 0 Å². The molecule has 0 aromatic heterocycles. The smallest absolute Gasteiger partial charge is 0.000717 e. The first-order valence-corrected chi connectivity index (χ1v) is 8.32. The van der Waals surface area contributed by atoms with Crippen LogP contribution in [-0.4, -0.2) is 0 Å². The van der Waals surface area contributed by atoms with Crippen molar-refractivity contribution in [2.45, 2.75) is 58.8 Å². The molecule has 0 spiro atoms. The van der Waals surface area contributed by atoms with Gasteiger partial charge in [0.05, 0.1) is 0 Å². The molecule has 2 atom stereocenters. The molecule has 3 rings (SSSR count). The van der Waals surface area contributed by atoms with Crippen molar-refractivity contribution >= 4 is 0 Å². The molecule has 1 radical (unpaired) electrons. The maximum absolute atomic E-state index is 3.81. The van der Waals surface area contributed by atoms with Gasteiger partial charge in [-0.15, -0.1) is 0 Å². The van der Waals surface area contributed by atoms with Crippen LogP contribution >= 0.6 is 0 Å². The zero-order valence-electron chi connectivity index (χ0n) is 13.7. The second-order valence-corrected chi connectivity index (χ2v) is 6.48. The van der Waals surface area contributed by atoms with Gasteiger partial charge in [0.25, 0.3) is 0 Å². The monoisotopic (exact) mass is 277 g/mol. The second-order valence-electron chi connectivity index (χ2n) is 6.48. The number of benzene rings is 2. The van der Waals surface area contributed by atoms with Crippen LogP contribution in [0.5, 0.6) is 0 Å². The van der Waals surface area contributed by atoms with Crippen LogP contribution in [0, 0.1) is 6.07 Å². The van der Waals surface area contributed by atoms with E-state index in [-0.39, 0.29) is 0 Å². The highest BCUT2D eigenvalue weighted by Crippen LogP contribution is 2.41. The Labute approximate surface area is 129 Å². The Morgan fingerprint density at radius 2 is 1.71 bits per heavy atom. The fourth-order valence-electron chi connectivity index (χ4n) is 3.37. The zero-order valence-corrected chi connectivity index (χ0v) is 13.7. The van der Waals surface area contributed by atoms with Gasteiger partial charge in [0.15, 0.2) is 0 Å². The van der Waals surface area contributed by atoms with E-state index in [1.807, 2.05) is 0 Å². The average Bonchev–Trinajstić information content (AvgIpc) is 2.89. The number of rotatable bonds is 4. The SMILES string of the molecule is CCC(C)c1[c]c2c(cc1C(C)CC)-c1ccccc1C2. The summed E-state index contributed by atoms with van der Waals surface area (Å²) in [5.74, 6) is 1.21. The van der Waals surface area contributed by atoms with Crippen molar-refractivity contribution in [2.24, 2.45) is 0 Å². The lowest BCUT2D eigenvalue weighted by Gasteiger charge is -2.21. The molecule has 0 N–H and O–H groups in total. The third-order valence-corrected chi connectivity index (χ3v) is 5.14. The van der Waals surface area contributed by atoms with E-state index in [2.05, 4.69) is 64.1 Å². The summed E-state index contributed by atoms with van der Waals surface area (Å²) >= 11 is 0. The van der Waals surface area contributed by atoms with Crippen LogP contribution in [0.25, 0.3) is 11.1 Å². The van der Waals surface area contributed by atoms with E-state index < -0.39 is 0 Å². The minimum atomic E-state index is 0.600. The molecule has 0 fully saturated rings. The van der Waals surface area contributed by atoms with E-state index in [0.29, 0.717) is 11.8 Å². The lowest BCUT2D eigenvalue weighted by Crippen LogP contribution is -2.04. The maximum Gasteiger partial charge on any atom is -0.000717 e. The Bertz CT molecular complexity index is 651. The Balaban J connectivity index is 2.17. The molecule has 1 aliphatic rings. The molecule has 109 valence electrons. The van der Waals surface area contributed by atoms with Crippen LogP contribution in [0.15, 0.2) is 30.3 Å². The first-order valence-electron chi connectivity index (χ1n) is 8.32. The van der Waals surface area contributed by atoms with Crippen LogP contribution in [0.4, 0.5) is 0 Å². The number of fused-ring (bicyclic) bond motifs is 3.